The number of hydrogen-bond acceptors (Lipinski definition) is 4. The predicted molar refractivity (Wildman–Crippen MR) is 83.6 cm³/mol. The number of aromatic nitrogens is 1. The Bertz CT molecular complexity index is 585. The van der Waals surface area contributed by atoms with Crippen molar-refractivity contribution >= 4 is 5.97 Å². The Morgan fingerprint density at radius 3 is 2.55 bits per heavy atom. The molecule has 2 aromatic rings. The summed E-state index contributed by atoms with van der Waals surface area (Å²) in [6.45, 7) is 2.87. The number of carbonyl (C=O) groups is 1. The predicted octanol–water partition coefficient (Wildman–Crippen LogP) is 2.43. The van der Waals surface area contributed by atoms with E-state index in [-0.39, 0.29) is 0 Å². The van der Waals surface area contributed by atoms with E-state index >= 15 is 0 Å². The molecule has 2 rings (SSSR count). The highest BCUT2D eigenvalue weighted by Gasteiger charge is 2.09. The first kappa shape index (κ1) is 16.1. The van der Waals surface area contributed by atoms with E-state index in [2.05, 4.69) is 9.88 Å². The third kappa shape index (κ3) is 4.95. The van der Waals surface area contributed by atoms with Crippen molar-refractivity contribution in [3.8, 4) is 0 Å². The zero-order valence-electron chi connectivity index (χ0n) is 12.6. The lowest BCUT2D eigenvalue weighted by molar-refractivity contribution is 0.0697. The summed E-state index contributed by atoms with van der Waals surface area (Å²) < 4.78 is 5.16. The molecule has 0 saturated carbocycles. The van der Waals surface area contributed by atoms with E-state index in [1.807, 2.05) is 30.3 Å². The number of ether oxygens (including phenoxy) is 1. The van der Waals surface area contributed by atoms with Gasteiger partial charge in [-0.05, 0) is 29.8 Å². The normalized spacial score (nSPS) is 10.8. The second kappa shape index (κ2) is 8.26. The van der Waals surface area contributed by atoms with E-state index in [0.29, 0.717) is 12.2 Å². The van der Waals surface area contributed by atoms with Crippen LogP contribution in [-0.2, 0) is 17.8 Å². The van der Waals surface area contributed by atoms with Crippen molar-refractivity contribution in [1.29, 1.82) is 0 Å². The molecule has 0 unspecified atom stereocenters. The molecule has 5 heteroatoms. The molecule has 0 aliphatic carbocycles. The summed E-state index contributed by atoms with van der Waals surface area (Å²) in [7, 11) is 1.68. The van der Waals surface area contributed by atoms with Crippen molar-refractivity contribution in [2.24, 2.45) is 0 Å². The molecule has 0 saturated heterocycles. The molecule has 116 valence electrons. The Hall–Kier alpha value is -2.24. The molecule has 0 atom stereocenters. The molecule has 0 amide bonds. The third-order valence-electron chi connectivity index (χ3n) is 3.33. The lowest BCUT2D eigenvalue weighted by atomic mass is 10.1. The van der Waals surface area contributed by atoms with Crippen LogP contribution in [0.1, 0.15) is 21.6 Å². The molecule has 1 heterocycles. The number of rotatable bonds is 8. The molecular weight excluding hydrogens is 280 g/mol. The summed E-state index contributed by atoms with van der Waals surface area (Å²) in [5.41, 5.74) is 2.37. The van der Waals surface area contributed by atoms with Gasteiger partial charge in [0.1, 0.15) is 0 Å². The van der Waals surface area contributed by atoms with Gasteiger partial charge in [0.2, 0.25) is 0 Å². The van der Waals surface area contributed by atoms with Gasteiger partial charge in [-0.15, -0.1) is 0 Å². The molecule has 1 aromatic heterocycles. The minimum Gasteiger partial charge on any atom is -0.478 e. The molecule has 5 nitrogen and oxygen atoms in total. The van der Waals surface area contributed by atoms with Crippen LogP contribution in [0.4, 0.5) is 0 Å². The largest absolute Gasteiger partial charge is 0.478 e. The van der Waals surface area contributed by atoms with Crippen molar-refractivity contribution < 1.29 is 14.6 Å². The molecule has 0 bridgehead atoms. The van der Waals surface area contributed by atoms with Crippen molar-refractivity contribution in [2.45, 2.75) is 13.1 Å². The van der Waals surface area contributed by atoms with Crippen molar-refractivity contribution in [3.05, 3.63) is 65.5 Å². The van der Waals surface area contributed by atoms with Crippen LogP contribution < -0.4 is 0 Å². The number of benzene rings is 1. The van der Waals surface area contributed by atoms with Crippen LogP contribution in [0, 0.1) is 0 Å². The Morgan fingerprint density at radius 2 is 1.95 bits per heavy atom. The topological polar surface area (TPSA) is 62.7 Å². The van der Waals surface area contributed by atoms with Gasteiger partial charge in [0.05, 0.1) is 17.9 Å². The van der Waals surface area contributed by atoms with Crippen molar-refractivity contribution in [1.82, 2.24) is 9.88 Å². The van der Waals surface area contributed by atoms with Crippen LogP contribution in [0.2, 0.25) is 0 Å². The molecule has 0 aliphatic rings. The summed E-state index contributed by atoms with van der Waals surface area (Å²) in [6.07, 6.45) is 1.78. The molecule has 0 radical (unpaired) electrons. The average molecular weight is 300 g/mol. The van der Waals surface area contributed by atoms with Crippen molar-refractivity contribution in [2.75, 3.05) is 20.3 Å². The second-order valence-electron chi connectivity index (χ2n) is 5.03. The first-order chi connectivity index (χ1) is 10.7. The maximum Gasteiger partial charge on any atom is 0.335 e. The quantitative estimate of drug-likeness (QED) is 0.811. The molecule has 22 heavy (non-hydrogen) atoms. The van der Waals surface area contributed by atoms with Gasteiger partial charge in [-0.25, -0.2) is 4.79 Å². The molecular formula is C17H20N2O3. The minimum absolute atomic E-state index is 0.303. The smallest absolute Gasteiger partial charge is 0.335 e. The molecule has 0 fully saturated rings. The van der Waals surface area contributed by atoms with Gasteiger partial charge >= 0.3 is 5.97 Å². The number of carboxylic acid groups (broad SMARTS) is 1. The third-order valence-corrected chi connectivity index (χ3v) is 3.33. The Labute approximate surface area is 130 Å². The van der Waals surface area contributed by atoms with E-state index in [0.717, 1.165) is 30.9 Å². The first-order valence-corrected chi connectivity index (χ1v) is 7.12. The van der Waals surface area contributed by atoms with Gasteiger partial charge in [0, 0.05) is 32.9 Å². The summed E-state index contributed by atoms with van der Waals surface area (Å²) in [4.78, 5) is 17.5. The zero-order valence-corrected chi connectivity index (χ0v) is 12.6. The fourth-order valence-electron chi connectivity index (χ4n) is 2.17. The van der Waals surface area contributed by atoms with Gasteiger partial charge in [-0.1, -0.05) is 18.2 Å². The monoisotopic (exact) mass is 300 g/mol. The van der Waals surface area contributed by atoms with Crippen LogP contribution >= 0.6 is 0 Å². The summed E-state index contributed by atoms with van der Waals surface area (Å²) >= 11 is 0. The van der Waals surface area contributed by atoms with Crippen LogP contribution in [0.15, 0.2) is 48.7 Å². The molecule has 0 spiro atoms. The number of nitrogens with zero attached hydrogens (tertiary/aromatic N) is 2. The van der Waals surface area contributed by atoms with Crippen LogP contribution in [0.3, 0.4) is 0 Å². The first-order valence-electron chi connectivity index (χ1n) is 7.12. The SMILES string of the molecule is COCCN(Cc1ccc(C(=O)O)cc1)Cc1ccccn1. The maximum atomic E-state index is 10.9. The fourth-order valence-corrected chi connectivity index (χ4v) is 2.17. The summed E-state index contributed by atoms with van der Waals surface area (Å²) in [5.74, 6) is -0.906. The average Bonchev–Trinajstić information content (AvgIpc) is 2.54. The maximum absolute atomic E-state index is 10.9. The van der Waals surface area contributed by atoms with Crippen LogP contribution in [0.25, 0.3) is 0 Å². The zero-order chi connectivity index (χ0) is 15.8. The van der Waals surface area contributed by atoms with Crippen LogP contribution in [-0.4, -0.2) is 41.2 Å². The number of pyridine rings is 1. The number of aromatic carboxylic acids is 1. The number of carboxylic acids is 1. The lowest BCUT2D eigenvalue weighted by Gasteiger charge is -2.21. The molecule has 0 aliphatic heterocycles. The highest BCUT2D eigenvalue weighted by Crippen LogP contribution is 2.10. The summed E-state index contributed by atoms with van der Waals surface area (Å²) in [5, 5.41) is 8.93. The van der Waals surface area contributed by atoms with E-state index in [1.54, 1.807) is 25.4 Å². The van der Waals surface area contributed by atoms with E-state index in [4.69, 9.17) is 9.84 Å². The van der Waals surface area contributed by atoms with Gasteiger partial charge < -0.3 is 9.84 Å². The van der Waals surface area contributed by atoms with Gasteiger partial charge in [-0.3, -0.25) is 9.88 Å². The Morgan fingerprint density at radius 1 is 1.18 bits per heavy atom. The number of hydrogen-bond donors (Lipinski definition) is 1. The van der Waals surface area contributed by atoms with Gasteiger partial charge in [0.25, 0.3) is 0 Å². The Kier molecular flexibility index (Phi) is 6.06. The second-order valence-corrected chi connectivity index (χ2v) is 5.03. The molecule has 1 N–H and O–H groups in total. The highest BCUT2D eigenvalue weighted by atomic mass is 16.5. The molecule has 1 aromatic carbocycles. The number of methoxy groups -OCH3 is 1. The lowest BCUT2D eigenvalue weighted by Crippen LogP contribution is -2.27. The highest BCUT2D eigenvalue weighted by molar-refractivity contribution is 5.87. The van der Waals surface area contributed by atoms with Gasteiger partial charge in [-0.2, -0.15) is 0 Å². The van der Waals surface area contributed by atoms with E-state index in [9.17, 15) is 4.79 Å². The fraction of sp³-hybridized carbons (Fsp3) is 0.294. The van der Waals surface area contributed by atoms with Gasteiger partial charge in [0.15, 0.2) is 0 Å². The van der Waals surface area contributed by atoms with Crippen molar-refractivity contribution in [3.63, 3.8) is 0 Å². The van der Waals surface area contributed by atoms with E-state index < -0.39 is 5.97 Å². The van der Waals surface area contributed by atoms with E-state index in [1.165, 1.54) is 0 Å². The standard InChI is InChI=1S/C17H20N2O3/c1-22-11-10-19(13-16-4-2-3-9-18-16)12-14-5-7-15(8-6-14)17(20)21/h2-9H,10-13H2,1H3,(H,20,21). The minimum atomic E-state index is -0.906. The van der Waals surface area contributed by atoms with Crippen LogP contribution in [0.5, 0.6) is 0 Å². The Balaban J connectivity index is 2.03. The summed E-state index contributed by atoms with van der Waals surface area (Å²) in [6, 6.07) is 12.8.